The maximum absolute atomic E-state index is 12.0. The van der Waals surface area contributed by atoms with Gasteiger partial charge in [0, 0.05) is 12.0 Å². The summed E-state index contributed by atoms with van der Waals surface area (Å²) >= 11 is 0. The third-order valence-electron chi connectivity index (χ3n) is 5.35. The van der Waals surface area contributed by atoms with Gasteiger partial charge in [0.1, 0.15) is 0 Å². The highest BCUT2D eigenvalue weighted by Gasteiger charge is 2.20. The van der Waals surface area contributed by atoms with Crippen LogP contribution in [0.4, 0.5) is 0 Å². The number of rotatable bonds is 4. The van der Waals surface area contributed by atoms with Gasteiger partial charge in [-0.1, -0.05) is 24.3 Å². The molecule has 1 saturated carbocycles. The summed E-state index contributed by atoms with van der Waals surface area (Å²) in [5.74, 6) is 1.87. The molecular weight excluding hydrogens is 312 g/mol. The number of carbonyl (C=O) groups excluding carboxylic acids is 1. The number of fused-ring (bicyclic) bond motifs is 1. The molecule has 0 heterocycles. The molecule has 2 aromatic rings. The third kappa shape index (κ3) is 3.28. The fourth-order valence-electron chi connectivity index (χ4n) is 3.96. The molecule has 0 spiro atoms. The molecule has 1 fully saturated rings. The van der Waals surface area contributed by atoms with E-state index in [-0.39, 0.29) is 5.78 Å². The second kappa shape index (κ2) is 6.91. The molecule has 0 amide bonds. The average Bonchev–Trinajstić information content (AvgIpc) is 3.15. The van der Waals surface area contributed by atoms with Crippen LogP contribution in [0.5, 0.6) is 11.5 Å². The SMILES string of the molecule is COc1ccc(-c2ccc3c(c2)CCCC3=O)cc1OC1CCCC1. The van der Waals surface area contributed by atoms with Crippen molar-refractivity contribution in [2.75, 3.05) is 7.11 Å². The monoisotopic (exact) mass is 336 g/mol. The van der Waals surface area contributed by atoms with Gasteiger partial charge in [0.15, 0.2) is 17.3 Å². The zero-order chi connectivity index (χ0) is 17.2. The summed E-state index contributed by atoms with van der Waals surface area (Å²) in [6.07, 6.45) is 7.63. The summed E-state index contributed by atoms with van der Waals surface area (Å²) in [5, 5.41) is 0. The Balaban J connectivity index is 1.67. The number of hydrogen-bond acceptors (Lipinski definition) is 3. The van der Waals surface area contributed by atoms with Crippen LogP contribution in [-0.2, 0) is 6.42 Å². The minimum absolute atomic E-state index is 0.271. The van der Waals surface area contributed by atoms with Crippen LogP contribution in [0, 0.1) is 0 Å². The molecule has 130 valence electrons. The lowest BCUT2D eigenvalue weighted by Gasteiger charge is -2.18. The summed E-state index contributed by atoms with van der Waals surface area (Å²) in [6, 6.07) is 12.3. The lowest BCUT2D eigenvalue weighted by atomic mass is 9.88. The maximum Gasteiger partial charge on any atom is 0.163 e. The Labute approximate surface area is 149 Å². The summed E-state index contributed by atoms with van der Waals surface area (Å²) in [6.45, 7) is 0. The molecule has 0 atom stereocenters. The molecule has 0 bridgehead atoms. The number of ether oxygens (including phenoxy) is 2. The number of Topliss-reactive ketones (excluding diaryl/α,β-unsaturated/α-hetero) is 1. The Hall–Kier alpha value is -2.29. The Morgan fingerprint density at radius 2 is 1.64 bits per heavy atom. The van der Waals surface area contributed by atoms with E-state index in [1.807, 2.05) is 18.2 Å². The van der Waals surface area contributed by atoms with Gasteiger partial charge in [-0.15, -0.1) is 0 Å². The van der Waals surface area contributed by atoms with E-state index < -0.39 is 0 Å². The molecule has 0 aliphatic heterocycles. The number of carbonyl (C=O) groups is 1. The fraction of sp³-hybridized carbons (Fsp3) is 0.409. The van der Waals surface area contributed by atoms with Crippen LogP contribution in [0.3, 0.4) is 0 Å². The molecule has 2 aromatic carbocycles. The van der Waals surface area contributed by atoms with Crippen molar-refractivity contribution < 1.29 is 14.3 Å². The average molecular weight is 336 g/mol. The van der Waals surface area contributed by atoms with Gasteiger partial charge in [0.25, 0.3) is 0 Å². The number of methoxy groups -OCH3 is 1. The quantitative estimate of drug-likeness (QED) is 0.769. The molecule has 2 aliphatic carbocycles. The van der Waals surface area contributed by atoms with Crippen LogP contribution in [0.25, 0.3) is 11.1 Å². The van der Waals surface area contributed by atoms with Gasteiger partial charge in [0.05, 0.1) is 13.2 Å². The van der Waals surface area contributed by atoms with Crippen LogP contribution in [0.2, 0.25) is 0 Å². The van der Waals surface area contributed by atoms with Crippen molar-refractivity contribution in [2.45, 2.75) is 51.0 Å². The molecule has 2 aliphatic rings. The molecule has 4 rings (SSSR count). The predicted octanol–water partition coefficient (Wildman–Crippen LogP) is 5.20. The van der Waals surface area contributed by atoms with Crippen LogP contribution in [0.1, 0.15) is 54.4 Å². The lowest BCUT2D eigenvalue weighted by molar-refractivity contribution is 0.0972. The second-order valence-electron chi connectivity index (χ2n) is 7.04. The van der Waals surface area contributed by atoms with Crippen LogP contribution in [-0.4, -0.2) is 19.0 Å². The van der Waals surface area contributed by atoms with Crippen molar-refractivity contribution in [1.82, 2.24) is 0 Å². The van der Waals surface area contributed by atoms with Crippen molar-refractivity contribution >= 4 is 5.78 Å². The van der Waals surface area contributed by atoms with E-state index in [2.05, 4.69) is 18.2 Å². The first-order chi connectivity index (χ1) is 12.2. The van der Waals surface area contributed by atoms with E-state index in [1.165, 1.54) is 18.4 Å². The van der Waals surface area contributed by atoms with E-state index in [0.717, 1.165) is 53.9 Å². The largest absolute Gasteiger partial charge is 0.493 e. The molecule has 25 heavy (non-hydrogen) atoms. The first-order valence-corrected chi connectivity index (χ1v) is 9.26. The van der Waals surface area contributed by atoms with Crippen molar-refractivity contribution in [3.63, 3.8) is 0 Å². The molecule has 3 nitrogen and oxygen atoms in total. The summed E-state index contributed by atoms with van der Waals surface area (Å²) in [7, 11) is 1.68. The Kier molecular flexibility index (Phi) is 4.48. The topological polar surface area (TPSA) is 35.5 Å². The molecule has 0 saturated heterocycles. The van der Waals surface area contributed by atoms with E-state index >= 15 is 0 Å². The van der Waals surface area contributed by atoms with E-state index in [0.29, 0.717) is 12.5 Å². The van der Waals surface area contributed by atoms with Crippen LogP contribution < -0.4 is 9.47 Å². The second-order valence-corrected chi connectivity index (χ2v) is 7.04. The lowest BCUT2D eigenvalue weighted by Crippen LogP contribution is -2.11. The normalized spacial score (nSPS) is 17.4. The van der Waals surface area contributed by atoms with Gasteiger partial charge in [0.2, 0.25) is 0 Å². The Morgan fingerprint density at radius 3 is 2.44 bits per heavy atom. The van der Waals surface area contributed by atoms with E-state index in [1.54, 1.807) is 7.11 Å². The highest BCUT2D eigenvalue weighted by Crippen LogP contribution is 2.36. The van der Waals surface area contributed by atoms with Crippen molar-refractivity contribution in [1.29, 1.82) is 0 Å². The van der Waals surface area contributed by atoms with Crippen molar-refractivity contribution in [3.8, 4) is 22.6 Å². The predicted molar refractivity (Wildman–Crippen MR) is 98.6 cm³/mol. The highest BCUT2D eigenvalue weighted by molar-refractivity contribution is 5.99. The number of hydrogen-bond donors (Lipinski definition) is 0. The molecule has 3 heteroatoms. The molecule has 0 N–H and O–H groups in total. The first kappa shape index (κ1) is 16.2. The van der Waals surface area contributed by atoms with Gasteiger partial charge < -0.3 is 9.47 Å². The fourth-order valence-corrected chi connectivity index (χ4v) is 3.96. The molecule has 0 unspecified atom stereocenters. The van der Waals surface area contributed by atoms with Gasteiger partial charge in [-0.3, -0.25) is 4.79 Å². The summed E-state index contributed by atoms with van der Waals surface area (Å²) < 4.78 is 11.7. The standard InChI is InChI=1S/C22H24O3/c1-24-21-12-10-16(14-22(21)25-18-6-2-3-7-18)15-9-11-19-17(13-15)5-4-8-20(19)23/h9-14,18H,2-8H2,1H3. The summed E-state index contributed by atoms with van der Waals surface area (Å²) in [4.78, 5) is 12.0. The molecule has 0 radical (unpaired) electrons. The van der Waals surface area contributed by atoms with Gasteiger partial charge in [-0.05, 0) is 67.3 Å². The van der Waals surface area contributed by atoms with Crippen LogP contribution in [0.15, 0.2) is 36.4 Å². The molecular formula is C22H24O3. The molecule has 0 aromatic heterocycles. The van der Waals surface area contributed by atoms with Crippen molar-refractivity contribution in [2.24, 2.45) is 0 Å². The minimum atomic E-state index is 0.271. The smallest absolute Gasteiger partial charge is 0.163 e. The van der Waals surface area contributed by atoms with E-state index in [9.17, 15) is 4.79 Å². The maximum atomic E-state index is 12.0. The Bertz CT molecular complexity index is 788. The van der Waals surface area contributed by atoms with E-state index in [4.69, 9.17) is 9.47 Å². The number of ketones is 1. The zero-order valence-corrected chi connectivity index (χ0v) is 14.7. The third-order valence-corrected chi connectivity index (χ3v) is 5.35. The first-order valence-electron chi connectivity index (χ1n) is 9.26. The Morgan fingerprint density at radius 1 is 0.880 bits per heavy atom. The minimum Gasteiger partial charge on any atom is -0.493 e. The van der Waals surface area contributed by atoms with Gasteiger partial charge in [-0.25, -0.2) is 0 Å². The van der Waals surface area contributed by atoms with Gasteiger partial charge >= 0.3 is 0 Å². The summed E-state index contributed by atoms with van der Waals surface area (Å²) in [5.41, 5.74) is 4.30. The number of benzene rings is 2. The van der Waals surface area contributed by atoms with Crippen LogP contribution >= 0.6 is 0 Å². The van der Waals surface area contributed by atoms with Crippen molar-refractivity contribution in [3.05, 3.63) is 47.5 Å². The highest BCUT2D eigenvalue weighted by atomic mass is 16.5. The zero-order valence-electron chi connectivity index (χ0n) is 14.7. The number of aryl methyl sites for hydroxylation is 1. The van der Waals surface area contributed by atoms with Gasteiger partial charge in [-0.2, -0.15) is 0 Å².